The molecule has 3 rings (SSSR count). The lowest BCUT2D eigenvalue weighted by Crippen LogP contribution is -2.40. The average molecular weight is 256 g/mol. The summed E-state index contributed by atoms with van der Waals surface area (Å²) >= 11 is 0. The highest BCUT2D eigenvalue weighted by Crippen LogP contribution is 2.29. The third-order valence-corrected chi connectivity index (χ3v) is 3.54. The maximum Gasteiger partial charge on any atom is 0.271 e. The van der Waals surface area contributed by atoms with Crippen molar-refractivity contribution < 1.29 is 4.79 Å². The number of fused-ring (bicyclic) bond motifs is 1. The summed E-state index contributed by atoms with van der Waals surface area (Å²) in [5.74, 6) is -0.172. The van der Waals surface area contributed by atoms with Gasteiger partial charge < -0.3 is 15.6 Å². The molecule has 0 fully saturated rings. The number of nitrogens with zero attached hydrogens (tertiary/aromatic N) is 2. The summed E-state index contributed by atoms with van der Waals surface area (Å²) in [5.41, 5.74) is 8.93. The zero-order valence-electron chi connectivity index (χ0n) is 10.7. The lowest BCUT2D eigenvalue weighted by atomic mass is 10.1. The number of nitrogens with one attached hydrogen (secondary N) is 1. The van der Waals surface area contributed by atoms with Crippen molar-refractivity contribution in [1.29, 1.82) is 0 Å². The van der Waals surface area contributed by atoms with Gasteiger partial charge in [0.1, 0.15) is 5.69 Å². The molecule has 5 heteroatoms. The van der Waals surface area contributed by atoms with Crippen molar-refractivity contribution in [3.8, 4) is 0 Å². The van der Waals surface area contributed by atoms with E-state index in [0.717, 1.165) is 12.0 Å². The van der Waals surface area contributed by atoms with E-state index in [1.165, 1.54) is 5.56 Å². The van der Waals surface area contributed by atoms with Gasteiger partial charge in [0.2, 0.25) is 0 Å². The van der Waals surface area contributed by atoms with Gasteiger partial charge in [-0.2, -0.15) is 0 Å². The first-order valence-electron chi connectivity index (χ1n) is 6.27. The smallest absolute Gasteiger partial charge is 0.271 e. The maximum absolute atomic E-state index is 12.1. The molecule has 0 spiro atoms. The molecule has 0 saturated carbocycles. The van der Waals surface area contributed by atoms with Crippen LogP contribution in [-0.4, -0.2) is 21.5 Å². The van der Waals surface area contributed by atoms with Crippen LogP contribution in [0.3, 0.4) is 0 Å². The van der Waals surface area contributed by atoms with Gasteiger partial charge in [0.15, 0.2) is 0 Å². The first-order valence-corrected chi connectivity index (χ1v) is 6.27. The molecule has 1 heterocycles. The summed E-state index contributed by atoms with van der Waals surface area (Å²) in [6.07, 6.45) is 4.08. The minimum atomic E-state index is -0.172. The Kier molecular flexibility index (Phi) is 2.83. The molecule has 0 unspecified atom stereocenters. The Morgan fingerprint density at radius 1 is 1.47 bits per heavy atom. The van der Waals surface area contributed by atoms with Gasteiger partial charge in [-0.15, -0.1) is 0 Å². The second kappa shape index (κ2) is 4.51. The molecule has 1 aliphatic rings. The largest absolute Gasteiger partial charge is 0.346 e. The van der Waals surface area contributed by atoms with E-state index < -0.39 is 0 Å². The number of imidazole rings is 1. The van der Waals surface area contributed by atoms with Gasteiger partial charge in [-0.25, -0.2) is 4.98 Å². The van der Waals surface area contributed by atoms with Crippen LogP contribution in [0.5, 0.6) is 0 Å². The van der Waals surface area contributed by atoms with Gasteiger partial charge in [-0.1, -0.05) is 24.3 Å². The Labute approximate surface area is 111 Å². The van der Waals surface area contributed by atoms with Crippen molar-refractivity contribution in [3.05, 3.63) is 53.6 Å². The third kappa shape index (κ3) is 2.13. The van der Waals surface area contributed by atoms with Crippen molar-refractivity contribution in [1.82, 2.24) is 14.9 Å². The van der Waals surface area contributed by atoms with E-state index in [9.17, 15) is 4.79 Å². The number of aryl methyl sites for hydroxylation is 1. The zero-order chi connectivity index (χ0) is 13.4. The van der Waals surface area contributed by atoms with Crippen molar-refractivity contribution in [3.63, 3.8) is 0 Å². The normalized spacial score (nSPS) is 21.2. The van der Waals surface area contributed by atoms with Crippen LogP contribution in [0.2, 0.25) is 0 Å². The van der Waals surface area contributed by atoms with E-state index in [-0.39, 0.29) is 18.0 Å². The number of aromatic nitrogens is 2. The first kappa shape index (κ1) is 11.9. The van der Waals surface area contributed by atoms with Gasteiger partial charge in [0.25, 0.3) is 5.91 Å². The van der Waals surface area contributed by atoms with E-state index in [4.69, 9.17) is 5.73 Å². The Bertz CT molecular complexity index is 619. The number of hydrogen-bond acceptors (Lipinski definition) is 3. The van der Waals surface area contributed by atoms with Crippen LogP contribution in [-0.2, 0) is 13.5 Å². The molecular formula is C14H16N4O. The van der Waals surface area contributed by atoms with Crippen LogP contribution in [0.25, 0.3) is 0 Å². The summed E-state index contributed by atoms with van der Waals surface area (Å²) in [6.45, 7) is 0. The molecule has 1 aromatic carbocycles. The minimum absolute atomic E-state index is 0.0630. The second-order valence-corrected chi connectivity index (χ2v) is 4.93. The Hall–Kier alpha value is -2.14. The number of nitrogens with two attached hydrogens (primary N) is 1. The van der Waals surface area contributed by atoms with Crippen molar-refractivity contribution >= 4 is 5.91 Å². The fourth-order valence-electron chi connectivity index (χ4n) is 2.54. The summed E-state index contributed by atoms with van der Waals surface area (Å²) in [7, 11) is 1.83. The van der Waals surface area contributed by atoms with Gasteiger partial charge in [-0.05, 0) is 17.5 Å². The van der Waals surface area contributed by atoms with Gasteiger partial charge in [0.05, 0.1) is 18.4 Å². The van der Waals surface area contributed by atoms with Crippen LogP contribution < -0.4 is 11.1 Å². The Morgan fingerprint density at radius 2 is 2.26 bits per heavy atom. The summed E-state index contributed by atoms with van der Waals surface area (Å²) < 4.78 is 1.75. The van der Waals surface area contributed by atoms with E-state index >= 15 is 0 Å². The Balaban J connectivity index is 1.74. The summed E-state index contributed by atoms with van der Waals surface area (Å²) in [4.78, 5) is 16.1. The van der Waals surface area contributed by atoms with Gasteiger partial charge in [-0.3, -0.25) is 4.79 Å². The maximum atomic E-state index is 12.1. The van der Waals surface area contributed by atoms with Crippen molar-refractivity contribution in [2.24, 2.45) is 12.8 Å². The Morgan fingerprint density at radius 3 is 2.95 bits per heavy atom. The highest BCUT2D eigenvalue weighted by Gasteiger charge is 2.30. The molecule has 0 saturated heterocycles. The summed E-state index contributed by atoms with van der Waals surface area (Å²) in [5, 5.41) is 2.97. The van der Waals surface area contributed by atoms with Crippen LogP contribution in [0.4, 0.5) is 0 Å². The predicted octanol–water partition coefficient (Wildman–Crippen LogP) is 0.775. The van der Waals surface area contributed by atoms with E-state index in [1.54, 1.807) is 17.1 Å². The van der Waals surface area contributed by atoms with Gasteiger partial charge >= 0.3 is 0 Å². The van der Waals surface area contributed by atoms with E-state index in [0.29, 0.717) is 5.69 Å². The average Bonchev–Trinajstić information content (AvgIpc) is 2.96. The fraction of sp³-hybridized carbons (Fsp3) is 0.286. The number of rotatable bonds is 2. The molecule has 2 atom stereocenters. The monoisotopic (exact) mass is 256 g/mol. The van der Waals surface area contributed by atoms with Crippen LogP contribution >= 0.6 is 0 Å². The van der Waals surface area contributed by atoms with Crippen LogP contribution in [0.15, 0.2) is 36.8 Å². The number of hydrogen-bond donors (Lipinski definition) is 2. The van der Waals surface area contributed by atoms with E-state index in [2.05, 4.69) is 16.4 Å². The molecule has 5 nitrogen and oxygen atoms in total. The highest BCUT2D eigenvalue weighted by atomic mass is 16.2. The van der Waals surface area contributed by atoms with E-state index in [1.807, 2.05) is 25.2 Å². The van der Waals surface area contributed by atoms with Crippen LogP contribution in [0.1, 0.15) is 27.7 Å². The quantitative estimate of drug-likeness (QED) is 0.833. The highest BCUT2D eigenvalue weighted by molar-refractivity contribution is 5.92. The number of amides is 1. The topological polar surface area (TPSA) is 72.9 Å². The molecule has 1 aliphatic carbocycles. The van der Waals surface area contributed by atoms with Crippen molar-refractivity contribution in [2.75, 3.05) is 0 Å². The number of benzene rings is 1. The molecular weight excluding hydrogens is 240 g/mol. The standard InChI is InChI=1S/C14H16N4O/c1-18-7-12(16-8-18)14(19)17-11-6-9-4-2-3-5-10(9)13(11)15/h2-5,7-8,11,13H,6,15H2,1H3,(H,17,19)/t11-,13-/m1/s1. The molecule has 1 aromatic heterocycles. The molecule has 0 radical (unpaired) electrons. The van der Waals surface area contributed by atoms with Crippen LogP contribution in [0, 0.1) is 0 Å². The third-order valence-electron chi connectivity index (χ3n) is 3.54. The molecule has 0 bridgehead atoms. The lowest BCUT2D eigenvalue weighted by molar-refractivity contribution is 0.0928. The van der Waals surface area contributed by atoms with Gasteiger partial charge in [0, 0.05) is 13.2 Å². The first-order chi connectivity index (χ1) is 9.15. The van der Waals surface area contributed by atoms with Crippen molar-refractivity contribution in [2.45, 2.75) is 18.5 Å². The molecule has 19 heavy (non-hydrogen) atoms. The SMILES string of the molecule is Cn1cnc(C(=O)N[C@@H]2Cc3ccccc3[C@H]2N)c1. The fourth-order valence-corrected chi connectivity index (χ4v) is 2.54. The minimum Gasteiger partial charge on any atom is -0.346 e. The zero-order valence-corrected chi connectivity index (χ0v) is 10.7. The summed E-state index contributed by atoms with van der Waals surface area (Å²) in [6, 6.07) is 7.83. The number of carbonyl (C=O) groups is 1. The molecule has 2 aromatic rings. The number of carbonyl (C=O) groups excluding carboxylic acids is 1. The molecule has 1 amide bonds. The second-order valence-electron chi connectivity index (χ2n) is 4.93. The lowest BCUT2D eigenvalue weighted by Gasteiger charge is -2.17. The predicted molar refractivity (Wildman–Crippen MR) is 71.5 cm³/mol. The molecule has 3 N–H and O–H groups in total. The molecule has 0 aliphatic heterocycles. The molecule has 98 valence electrons.